The van der Waals surface area contributed by atoms with Crippen LogP contribution < -0.4 is 57.3 Å². The molecular formula is C96H64B2FN5S. The topological polar surface area (TPSA) is 16.2 Å². The molecule has 5 nitrogen and oxygen atoms in total. The number of halogens is 1. The molecule has 0 fully saturated rings. The molecule has 0 N–H and O–H groups in total. The first-order valence-electron chi connectivity index (χ1n) is 35.9. The normalized spacial score (nSPS) is 12.7. The minimum atomic E-state index is -0.320. The second-order valence-electron chi connectivity index (χ2n) is 27.2. The maximum absolute atomic E-state index is 17.6. The average Bonchev–Trinajstić information content (AvgIpc) is 0.675. The number of fused-ring (bicyclic) bond motifs is 8. The summed E-state index contributed by atoms with van der Waals surface area (Å²) in [5.41, 5.74) is 30.6. The number of benzene rings is 16. The smallest absolute Gasteiger partial charge is 0.252 e. The first-order valence-corrected chi connectivity index (χ1v) is 36.7. The molecule has 0 unspecified atom stereocenters. The molecule has 0 saturated heterocycles. The van der Waals surface area contributed by atoms with Gasteiger partial charge < -0.3 is 24.5 Å². The third-order valence-corrected chi connectivity index (χ3v) is 22.4. The van der Waals surface area contributed by atoms with Gasteiger partial charge in [-0.2, -0.15) is 0 Å². The first-order chi connectivity index (χ1) is 52.0. The molecule has 0 saturated carbocycles. The van der Waals surface area contributed by atoms with Crippen LogP contribution in [0.3, 0.4) is 0 Å². The molecule has 9 heteroatoms. The van der Waals surface area contributed by atoms with Gasteiger partial charge in [-0.25, -0.2) is 4.39 Å². The van der Waals surface area contributed by atoms with Crippen molar-refractivity contribution in [2.75, 3.05) is 24.5 Å². The Morgan fingerprint density at radius 1 is 0.238 bits per heavy atom. The van der Waals surface area contributed by atoms with Gasteiger partial charge in [0.2, 0.25) is 6.71 Å². The van der Waals surface area contributed by atoms with Crippen molar-refractivity contribution >= 4 is 143 Å². The molecule has 492 valence electrons. The van der Waals surface area contributed by atoms with E-state index in [4.69, 9.17) is 0 Å². The Morgan fingerprint density at radius 3 is 1.16 bits per heavy atom. The van der Waals surface area contributed by atoms with Crippen molar-refractivity contribution in [3.05, 3.63) is 394 Å². The zero-order chi connectivity index (χ0) is 69.5. The Hall–Kier alpha value is -13.1. The summed E-state index contributed by atoms with van der Waals surface area (Å²) in [5.74, 6) is -0.320. The Morgan fingerprint density at radius 2 is 0.629 bits per heavy atom. The van der Waals surface area contributed by atoms with Gasteiger partial charge in [-0.15, -0.1) is 0 Å². The third-order valence-electron chi connectivity index (χ3n) is 21.2. The van der Waals surface area contributed by atoms with Crippen molar-refractivity contribution in [1.29, 1.82) is 0 Å². The highest BCUT2D eigenvalue weighted by molar-refractivity contribution is 8.00. The molecule has 0 atom stereocenters. The lowest BCUT2D eigenvalue weighted by molar-refractivity contribution is 0.629. The van der Waals surface area contributed by atoms with Crippen LogP contribution in [0.4, 0.5) is 89.7 Å². The summed E-state index contributed by atoms with van der Waals surface area (Å²) >= 11 is 1.85. The van der Waals surface area contributed by atoms with Gasteiger partial charge in [0.1, 0.15) is 5.82 Å². The van der Waals surface area contributed by atoms with Gasteiger partial charge in [0.05, 0.1) is 11.4 Å². The maximum atomic E-state index is 17.6. The molecule has 0 bridgehead atoms. The largest absolute Gasteiger partial charge is 0.311 e. The van der Waals surface area contributed by atoms with E-state index in [1.165, 1.54) is 26.7 Å². The van der Waals surface area contributed by atoms with Gasteiger partial charge >= 0.3 is 0 Å². The van der Waals surface area contributed by atoms with E-state index in [9.17, 15) is 0 Å². The molecule has 0 aromatic heterocycles. The summed E-state index contributed by atoms with van der Waals surface area (Å²) in [6.45, 7) is -0.477. The molecule has 16 aromatic rings. The van der Waals surface area contributed by atoms with Crippen LogP contribution in [0.1, 0.15) is 0 Å². The van der Waals surface area contributed by atoms with E-state index >= 15 is 4.39 Å². The molecule has 16 aromatic carbocycles. The number of anilines is 15. The van der Waals surface area contributed by atoms with Crippen LogP contribution in [-0.4, -0.2) is 13.4 Å². The fraction of sp³-hybridized carbons (Fsp3) is 0. The summed E-state index contributed by atoms with van der Waals surface area (Å²) < 4.78 is 17.6. The molecular weight excluding hydrogens is 1300 g/mol. The zero-order valence-electron chi connectivity index (χ0n) is 57.1. The van der Waals surface area contributed by atoms with Crippen molar-refractivity contribution in [3.8, 4) is 44.5 Å². The molecule has 4 aliphatic heterocycles. The van der Waals surface area contributed by atoms with E-state index in [2.05, 4.69) is 388 Å². The number of para-hydroxylation sites is 6. The molecule has 0 amide bonds. The van der Waals surface area contributed by atoms with E-state index in [0.29, 0.717) is 0 Å². The number of hydrogen-bond acceptors (Lipinski definition) is 6. The minimum absolute atomic E-state index is 0.181. The predicted molar refractivity (Wildman–Crippen MR) is 441 cm³/mol. The highest BCUT2D eigenvalue weighted by Gasteiger charge is 2.48. The highest BCUT2D eigenvalue weighted by Crippen LogP contribution is 2.55. The van der Waals surface area contributed by atoms with E-state index in [1.807, 2.05) is 23.9 Å². The maximum Gasteiger partial charge on any atom is 0.252 e. The molecule has 0 spiro atoms. The summed E-state index contributed by atoms with van der Waals surface area (Å²) in [7, 11) is 0. The summed E-state index contributed by atoms with van der Waals surface area (Å²) in [6.07, 6.45) is 0. The number of rotatable bonds is 13. The Labute approximate surface area is 616 Å². The van der Waals surface area contributed by atoms with Crippen LogP contribution in [-0.2, 0) is 0 Å². The molecule has 20 rings (SSSR count). The minimum Gasteiger partial charge on any atom is -0.311 e. The van der Waals surface area contributed by atoms with Crippen molar-refractivity contribution in [1.82, 2.24) is 0 Å². The van der Waals surface area contributed by atoms with E-state index in [0.717, 1.165) is 146 Å². The van der Waals surface area contributed by atoms with Crippen molar-refractivity contribution in [2.45, 2.75) is 9.79 Å². The lowest BCUT2D eigenvalue weighted by Gasteiger charge is -2.46. The van der Waals surface area contributed by atoms with Crippen molar-refractivity contribution in [2.24, 2.45) is 0 Å². The van der Waals surface area contributed by atoms with Crippen LogP contribution in [0.15, 0.2) is 398 Å². The second kappa shape index (κ2) is 25.8. The Kier molecular flexibility index (Phi) is 15.2. The molecule has 105 heavy (non-hydrogen) atoms. The summed E-state index contributed by atoms with van der Waals surface area (Å²) in [4.78, 5) is 14.7. The van der Waals surface area contributed by atoms with Gasteiger partial charge in [0, 0.05) is 94.9 Å². The Balaban J connectivity index is 0.908. The van der Waals surface area contributed by atoms with Crippen LogP contribution in [0.5, 0.6) is 0 Å². The van der Waals surface area contributed by atoms with Crippen LogP contribution in [0.25, 0.3) is 44.5 Å². The van der Waals surface area contributed by atoms with Crippen molar-refractivity contribution in [3.63, 3.8) is 0 Å². The van der Waals surface area contributed by atoms with Gasteiger partial charge in [-0.05, 0) is 188 Å². The third kappa shape index (κ3) is 10.6. The lowest BCUT2D eigenvalue weighted by Crippen LogP contribution is -2.64. The monoisotopic (exact) mass is 1360 g/mol. The first kappa shape index (κ1) is 61.8. The summed E-state index contributed by atoms with van der Waals surface area (Å²) in [5, 5.41) is 0. The van der Waals surface area contributed by atoms with Crippen LogP contribution >= 0.6 is 11.8 Å². The van der Waals surface area contributed by atoms with Crippen molar-refractivity contribution < 1.29 is 4.39 Å². The van der Waals surface area contributed by atoms with E-state index in [1.54, 1.807) is 12.1 Å². The fourth-order valence-corrected chi connectivity index (χ4v) is 18.0. The number of nitrogens with zero attached hydrogens (tertiary/aromatic N) is 5. The van der Waals surface area contributed by atoms with Crippen LogP contribution in [0.2, 0.25) is 0 Å². The quantitative estimate of drug-likeness (QED) is 0.106. The van der Waals surface area contributed by atoms with E-state index in [-0.39, 0.29) is 19.2 Å². The molecule has 4 heterocycles. The molecule has 0 aliphatic carbocycles. The standard InChI is InChI=1S/C96H64B2FN5S/c99-71-57-80(68-34-13-3-14-35-68)96(81(58-71)69-36-15-4-16-37-69)104-88-64-92-85(98-83-49-26-28-51-87(83)103(75-45-23-8-24-46-75)91-61-79(62-93(105-92)95(91)98)100(72-39-17-5-18-40-72)73-41-19-6-20-42-73)63-84(88)97-82-48-25-27-50-86(82)102(74-43-21-7-22-44-74)89-59-78(60-90(104)94(89)97)101(76-54-52-67(53-55-76)65-30-9-1-10-31-65)77-47-29-38-70(56-77)66-32-11-2-12-33-66/h1-64H. The average molecular weight is 1360 g/mol. The van der Waals surface area contributed by atoms with Gasteiger partial charge in [-0.1, -0.05) is 278 Å². The van der Waals surface area contributed by atoms with Crippen LogP contribution in [0, 0.1) is 5.82 Å². The number of hydrogen-bond donors (Lipinski definition) is 0. The lowest BCUT2D eigenvalue weighted by atomic mass is 9.31. The van der Waals surface area contributed by atoms with E-state index < -0.39 is 0 Å². The second-order valence-corrected chi connectivity index (χ2v) is 28.3. The van der Waals surface area contributed by atoms with Gasteiger partial charge in [0.15, 0.2) is 0 Å². The Bertz CT molecular complexity index is 5880. The molecule has 4 aliphatic rings. The molecule has 0 radical (unpaired) electrons. The van der Waals surface area contributed by atoms with Gasteiger partial charge in [-0.3, -0.25) is 0 Å². The fourth-order valence-electron chi connectivity index (χ4n) is 16.8. The van der Waals surface area contributed by atoms with Gasteiger partial charge in [0.25, 0.3) is 6.71 Å². The predicted octanol–water partition coefficient (Wildman–Crippen LogP) is 22.3. The zero-order valence-corrected chi connectivity index (χ0v) is 57.9. The highest BCUT2D eigenvalue weighted by atomic mass is 32.2. The SMILES string of the molecule is Fc1cc(-c2ccccc2)c(N2c3cc4c(cc3B3c5ccccc5N(c5ccccc5)c5cc(N(c6ccc(-c7ccccc7)cc6)c6cccc(-c7ccccc7)c6)cc2c53)B2c3ccccc3N(c3ccccc3)c3cc(N(c5ccccc5)c5ccccc5)cc(c32)S4)c(-c2ccccc2)c1. The summed E-state index contributed by atoms with van der Waals surface area (Å²) in [6, 6.07) is 140.